The van der Waals surface area contributed by atoms with Crippen LogP contribution in [0.25, 0.3) is 122 Å². The Hall–Kier alpha value is -12.6. The molecule has 0 aliphatic carbocycles. The third kappa shape index (κ3) is 13.6. The quantitative estimate of drug-likeness (QED) is 0.112. The predicted molar refractivity (Wildman–Crippen MR) is 432 cm³/mol. The molecule has 0 fully saturated rings. The molecule has 16 aromatic carbocycles. The van der Waals surface area contributed by atoms with Gasteiger partial charge in [-0.05, 0) is 175 Å². The summed E-state index contributed by atoms with van der Waals surface area (Å²) in [5.74, 6) is 0. The summed E-state index contributed by atoms with van der Waals surface area (Å²) >= 11 is 3.69. The fourth-order valence-corrected chi connectivity index (χ4v) is 14.5. The van der Waals surface area contributed by atoms with Crippen molar-refractivity contribution >= 4 is 76.6 Å². The Morgan fingerprint density at radius 2 is 0.515 bits per heavy atom. The summed E-state index contributed by atoms with van der Waals surface area (Å²) in [6.45, 7) is 0. The van der Waals surface area contributed by atoms with Crippen LogP contribution in [-0.4, -0.2) is 9.13 Å². The number of aromatic nitrogens is 2. The summed E-state index contributed by atoms with van der Waals surface area (Å²) in [7, 11) is 0. The van der Waals surface area contributed by atoms with Crippen molar-refractivity contribution in [1.29, 1.82) is 0 Å². The number of fused-ring (bicyclic) bond motifs is 6. The highest BCUT2D eigenvalue weighted by atomic mass is 79.9. The SMILES string of the molecule is Brc1ccccc1-c1ccc2c3ccccc3n(-c3ccccc3)c2c1.c1ccc(-c2ccc(Cc3ccc(-c4ccccc4)cc3)cc2)cc1.c1ccc(-c2ccc(N(c3ccc(-c4ccccc4)cc3)c3cccc(-c4ccc5c6ccccc6n(-c6ccccc6)c5c4)c3)cc2)cc1. The van der Waals surface area contributed by atoms with Gasteiger partial charge in [-0.25, -0.2) is 0 Å². The molecule has 2 heterocycles. The van der Waals surface area contributed by atoms with Gasteiger partial charge in [-0.15, -0.1) is 0 Å². The predicted octanol–water partition coefficient (Wildman–Crippen LogP) is 27.1. The van der Waals surface area contributed by atoms with Crippen molar-refractivity contribution in [3.63, 3.8) is 0 Å². The molecule has 2 aromatic heterocycles. The summed E-state index contributed by atoms with van der Waals surface area (Å²) in [5, 5.41) is 5.07. The van der Waals surface area contributed by atoms with Gasteiger partial charge < -0.3 is 14.0 Å². The molecular formula is C97H70BrN3. The highest BCUT2D eigenvalue weighted by Gasteiger charge is 2.18. The monoisotopic (exact) mass is 1360 g/mol. The van der Waals surface area contributed by atoms with E-state index < -0.39 is 0 Å². The van der Waals surface area contributed by atoms with Crippen molar-refractivity contribution in [2.24, 2.45) is 0 Å². The van der Waals surface area contributed by atoms with Gasteiger partial charge in [0.15, 0.2) is 0 Å². The van der Waals surface area contributed by atoms with Crippen LogP contribution >= 0.6 is 15.9 Å². The molecule has 480 valence electrons. The molecule has 0 bridgehead atoms. The minimum absolute atomic E-state index is 0.962. The summed E-state index contributed by atoms with van der Waals surface area (Å²) < 4.78 is 5.85. The van der Waals surface area contributed by atoms with Gasteiger partial charge in [0.25, 0.3) is 0 Å². The molecular weight excluding hydrogens is 1290 g/mol. The second-order valence-electron chi connectivity index (χ2n) is 25.3. The lowest BCUT2D eigenvalue weighted by atomic mass is 9.98. The average Bonchev–Trinajstić information content (AvgIpc) is 1.60. The number of nitrogens with zero attached hydrogens (tertiary/aromatic N) is 3. The number of anilines is 3. The van der Waals surface area contributed by atoms with E-state index in [1.807, 2.05) is 6.07 Å². The maximum Gasteiger partial charge on any atom is 0.0547 e. The summed E-state index contributed by atoms with van der Waals surface area (Å²) in [6, 6.07) is 147. The lowest BCUT2D eigenvalue weighted by Crippen LogP contribution is -2.10. The zero-order valence-corrected chi connectivity index (χ0v) is 57.3. The van der Waals surface area contributed by atoms with Gasteiger partial charge >= 0.3 is 0 Å². The molecule has 0 aliphatic rings. The first-order valence-corrected chi connectivity index (χ1v) is 35.2. The fourth-order valence-electron chi connectivity index (χ4n) is 14.0. The van der Waals surface area contributed by atoms with Gasteiger partial charge in [-0.1, -0.05) is 337 Å². The first-order valence-electron chi connectivity index (χ1n) is 34.4. The Kier molecular flexibility index (Phi) is 18.3. The van der Waals surface area contributed by atoms with E-state index in [9.17, 15) is 0 Å². The minimum atomic E-state index is 0.962. The number of halogens is 1. The second-order valence-corrected chi connectivity index (χ2v) is 26.2. The van der Waals surface area contributed by atoms with Crippen LogP contribution in [-0.2, 0) is 6.42 Å². The fraction of sp³-hybridized carbons (Fsp3) is 0.0103. The summed E-state index contributed by atoms with van der Waals surface area (Å²) in [5.41, 5.74) is 27.9. The van der Waals surface area contributed by atoms with Crippen LogP contribution in [0, 0.1) is 0 Å². The Bertz CT molecular complexity index is 5630. The minimum Gasteiger partial charge on any atom is -0.310 e. The molecule has 0 aliphatic heterocycles. The van der Waals surface area contributed by atoms with Crippen LogP contribution in [0.1, 0.15) is 11.1 Å². The van der Waals surface area contributed by atoms with E-state index >= 15 is 0 Å². The lowest BCUT2D eigenvalue weighted by Gasteiger charge is -2.26. The topological polar surface area (TPSA) is 13.1 Å². The number of hydrogen-bond donors (Lipinski definition) is 0. The van der Waals surface area contributed by atoms with Gasteiger partial charge in [0.05, 0.1) is 22.1 Å². The molecule has 0 atom stereocenters. The first kappa shape index (κ1) is 63.2. The number of para-hydroxylation sites is 4. The van der Waals surface area contributed by atoms with E-state index in [4.69, 9.17) is 0 Å². The molecule has 0 saturated carbocycles. The third-order valence-electron chi connectivity index (χ3n) is 19.0. The van der Waals surface area contributed by atoms with E-state index in [-0.39, 0.29) is 0 Å². The maximum atomic E-state index is 3.69. The lowest BCUT2D eigenvalue weighted by molar-refractivity contribution is 1.18. The molecule has 3 nitrogen and oxygen atoms in total. The van der Waals surface area contributed by atoms with Gasteiger partial charge in [0, 0.05) is 54.5 Å². The van der Waals surface area contributed by atoms with Crippen molar-refractivity contribution in [2.75, 3.05) is 4.90 Å². The Morgan fingerprint density at radius 1 is 0.208 bits per heavy atom. The van der Waals surface area contributed by atoms with Gasteiger partial charge in [0.2, 0.25) is 0 Å². The van der Waals surface area contributed by atoms with E-state index in [0.717, 1.165) is 33.6 Å². The Labute approximate surface area is 599 Å². The van der Waals surface area contributed by atoms with Crippen LogP contribution in [0.15, 0.2) is 417 Å². The smallest absolute Gasteiger partial charge is 0.0547 e. The molecule has 0 radical (unpaired) electrons. The molecule has 18 rings (SSSR count). The van der Waals surface area contributed by atoms with Gasteiger partial charge in [0.1, 0.15) is 0 Å². The standard InChI is InChI=1S/C48H34N2.C25H20.C24H16BrN/c1-4-13-35(14-5-1)37-23-28-42(29-24-37)49(43-30-25-38(26-31-43)36-15-6-2-7-16-36)44-20-12-17-39(33-44)40-27-32-46-45-21-10-11-22-47(45)50(48(46)34-40)41-18-8-3-9-19-41;1-3-7-22(8-4-1)24-15-11-20(12-16-24)19-21-13-17-25(18-14-21)23-9-5-2-6-10-23;25-22-12-6-4-10-19(22)17-14-15-21-20-11-5-7-13-23(20)26(24(21)16-17)18-8-2-1-3-9-18/h1-34H;1-18H,19H2;1-16H. The summed E-state index contributed by atoms with van der Waals surface area (Å²) in [6.07, 6.45) is 0.962. The normalized spacial score (nSPS) is 11.1. The van der Waals surface area contributed by atoms with Crippen LogP contribution < -0.4 is 4.90 Å². The van der Waals surface area contributed by atoms with Crippen molar-refractivity contribution in [2.45, 2.75) is 6.42 Å². The van der Waals surface area contributed by atoms with E-state index in [1.54, 1.807) is 0 Å². The van der Waals surface area contributed by atoms with Gasteiger partial charge in [-0.3, -0.25) is 0 Å². The van der Waals surface area contributed by atoms with Crippen LogP contribution in [0.3, 0.4) is 0 Å². The average molecular weight is 1360 g/mol. The van der Waals surface area contributed by atoms with E-state index in [1.165, 1.54) is 127 Å². The molecule has 0 N–H and O–H groups in total. The van der Waals surface area contributed by atoms with Crippen LogP contribution in [0.4, 0.5) is 17.1 Å². The maximum absolute atomic E-state index is 3.69. The largest absolute Gasteiger partial charge is 0.310 e. The Balaban J connectivity index is 0.000000130. The van der Waals surface area contributed by atoms with E-state index in [0.29, 0.717) is 0 Å². The molecule has 0 unspecified atom stereocenters. The molecule has 101 heavy (non-hydrogen) atoms. The molecule has 0 spiro atoms. The zero-order valence-electron chi connectivity index (χ0n) is 55.7. The van der Waals surface area contributed by atoms with E-state index in [2.05, 4.69) is 436 Å². The van der Waals surface area contributed by atoms with Crippen molar-refractivity contribution < 1.29 is 0 Å². The van der Waals surface area contributed by atoms with Crippen molar-refractivity contribution in [3.05, 3.63) is 428 Å². The third-order valence-corrected chi connectivity index (χ3v) is 19.7. The molecule has 4 heteroatoms. The number of benzene rings is 16. The summed E-state index contributed by atoms with van der Waals surface area (Å²) in [4.78, 5) is 2.35. The highest BCUT2D eigenvalue weighted by molar-refractivity contribution is 9.10. The number of rotatable bonds is 13. The second kappa shape index (κ2) is 29.2. The molecule has 18 aromatic rings. The van der Waals surface area contributed by atoms with Gasteiger partial charge in [-0.2, -0.15) is 0 Å². The first-order chi connectivity index (χ1) is 50.0. The molecule has 0 amide bonds. The Morgan fingerprint density at radius 3 is 0.941 bits per heavy atom. The molecule has 0 saturated heterocycles. The van der Waals surface area contributed by atoms with Crippen LogP contribution in [0.5, 0.6) is 0 Å². The van der Waals surface area contributed by atoms with Crippen molar-refractivity contribution in [3.8, 4) is 78.1 Å². The number of hydrogen-bond acceptors (Lipinski definition) is 1. The zero-order chi connectivity index (χ0) is 67.7. The van der Waals surface area contributed by atoms with Crippen molar-refractivity contribution in [1.82, 2.24) is 9.13 Å². The van der Waals surface area contributed by atoms with Crippen LogP contribution in [0.2, 0.25) is 0 Å². The highest BCUT2D eigenvalue weighted by Crippen LogP contribution is 2.42.